The average Bonchev–Trinajstić information content (AvgIpc) is 2.38. The van der Waals surface area contributed by atoms with Crippen molar-refractivity contribution in [2.75, 3.05) is 5.73 Å². The quantitative estimate of drug-likeness (QED) is 0.759. The van der Waals surface area contributed by atoms with Gasteiger partial charge >= 0.3 is 0 Å². The molecule has 1 amide bonds. The minimum absolute atomic E-state index is 0.0733. The number of hydrogen-bond donors (Lipinski definition) is 2. The van der Waals surface area contributed by atoms with Crippen LogP contribution < -0.4 is 11.1 Å². The second kappa shape index (κ2) is 6.41. The summed E-state index contributed by atoms with van der Waals surface area (Å²) >= 11 is 6.73. The first kappa shape index (κ1) is 15.1. The summed E-state index contributed by atoms with van der Waals surface area (Å²) in [5.74, 6) is -0.145. The Labute approximate surface area is 134 Å². The largest absolute Gasteiger partial charge is 0.399 e. The van der Waals surface area contributed by atoms with Crippen LogP contribution in [-0.2, 0) is 0 Å². The Kier molecular flexibility index (Phi) is 4.83. The molecule has 5 heteroatoms. The van der Waals surface area contributed by atoms with Gasteiger partial charge in [0.15, 0.2) is 0 Å². The van der Waals surface area contributed by atoms with E-state index in [0.717, 1.165) is 14.5 Å². The van der Waals surface area contributed by atoms with Crippen LogP contribution in [0.5, 0.6) is 0 Å². The molecule has 0 aliphatic carbocycles. The molecule has 0 spiro atoms. The van der Waals surface area contributed by atoms with Crippen LogP contribution in [-0.4, -0.2) is 5.91 Å². The lowest BCUT2D eigenvalue weighted by Gasteiger charge is -2.15. The predicted molar refractivity (Wildman–Crippen MR) is 88.6 cm³/mol. The molecule has 0 aliphatic heterocycles. The predicted octanol–water partition coefficient (Wildman–Crippen LogP) is 4.28. The zero-order valence-corrected chi connectivity index (χ0v) is 14.0. The Morgan fingerprint density at radius 1 is 1.10 bits per heavy atom. The zero-order chi connectivity index (χ0) is 14.7. The zero-order valence-electron chi connectivity index (χ0n) is 10.9. The topological polar surface area (TPSA) is 55.1 Å². The molecule has 0 aromatic heterocycles. The summed E-state index contributed by atoms with van der Waals surface area (Å²) in [5.41, 5.74) is 7.89. The van der Waals surface area contributed by atoms with Crippen LogP contribution >= 0.6 is 31.9 Å². The fourth-order valence-electron chi connectivity index (χ4n) is 1.86. The summed E-state index contributed by atoms with van der Waals surface area (Å²) in [5, 5.41) is 2.96. The van der Waals surface area contributed by atoms with Gasteiger partial charge in [0.25, 0.3) is 5.91 Å². The number of nitrogens with two attached hydrogens (primary N) is 1. The third kappa shape index (κ3) is 3.84. The lowest BCUT2D eigenvalue weighted by molar-refractivity contribution is 0.0940. The van der Waals surface area contributed by atoms with E-state index in [1.807, 2.05) is 31.2 Å². The maximum absolute atomic E-state index is 12.2. The number of carbonyl (C=O) groups excluding carboxylic acids is 1. The van der Waals surface area contributed by atoms with Crippen LogP contribution in [0.25, 0.3) is 0 Å². The Bertz CT molecular complexity index is 606. The van der Waals surface area contributed by atoms with Gasteiger partial charge in [-0.3, -0.25) is 4.79 Å². The lowest BCUT2D eigenvalue weighted by Crippen LogP contribution is -2.26. The number of rotatable bonds is 3. The second-order valence-electron chi connectivity index (χ2n) is 4.52. The van der Waals surface area contributed by atoms with E-state index in [0.29, 0.717) is 11.3 Å². The standard InChI is InChI=1S/C15H14Br2N2O/c1-9(10-2-4-12(16)5-3-10)19-15(20)11-6-13(17)8-14(18)7-11/h2-9H,18H2,1H3,(H,19,20). The molecule has 0 heterocycles. The Balaban J connectivity index is 2.12. The van der Waals surface area contributed by atoms with Crippen molar-refractivity contribution in [3.63, 3.8) is 0 Å². The van der Waals surface area contributed by atoms with Gasteiger partial charge in [-0.15, -0.1) is 0 Å². The van der Waals surface area contributed by atoms with Crippen molar-refractivity contribution >= 4 is 43.5 Å². The summed E-state index contributed by atoms with van der Waals surface area (Å²) in [4.78, 5) is 12.2. The van der Waals surface area contributed by atoms with Crippen molar-refractivity contribution in [2.24, 2.45) is 0 Å². The van der Waals surface area contributed by atoms with Gasteiger partial charge in [0.2, 0.25) is 0 Å². The van der Waals surface area contributed by atoms with E-state index in [-0.39, 0.29) is 11.9 Å². The van der Waals surface area contributed by atoms with E-state index in [9.17, 15) is 4.79 Å². The number of carbonyl (C=O) groups is 1. The Morgan fingerprint density at radius 2 is 1.75 bits per heavy atom. The number of benzene rings is 2. The monoisotopic (exact) mass is 396 g/mol. The highest BCUT2D eigenvalue weighted by Crippen LogP contribution is 2.20. The maximum Gasteiger partial charge on any atom is 0.251 e. The fraction of sp³-hybridized carbons (Fsp3) is 0.133. The van der Waals surface area contributed by atoms with Gasteiger partial charge in [-0.1, -0.05) is 44.0 Å². The SMILES string of the molecule is CC(NC(=O)c1cc(N)cc(Br)c1)c1ccc(Br)cc1. The number of halogens is 2. The summed E-state index contributed by atoms with van der Waals surface area (Å²) in [6.07, 6.45) is 0. The molecule has 2 aromatic rings. The molecular formula is C15H14Br2N2O. The van der Waals surface area contributed by atoms with E-state index in [4.69, 9.17) is 5.73 Å². The molecule has 20 heavy (non-hydrogen) atoms. The molecule has 104 valence electrons. The van der Waals surface area contributed by atoms with Crippen molar-refractivity contribution in [2.45, 2.75) is 13.0 Å². The number of nitrogens with one attached hydrogen (secondary N) is 1. The molecule has 3 N–H and O–H groups in total. The summed E-state index contributed by atoms with van der Waals surface area (Å²) < 4.78 is 1.80. The van der Waals surface area contributed by atoms with Crippen LogP contribution in [0.1, 0.15) is 28.9 Å². The van der Waals surface area contributed by atoms with Crippen LogP contribution in [0.2, 0.25) is 0 Å². The number of hydrogen-bond acceptors (Lipinski definition) is 2. The van der Waals surface area contributed by atoms with Gasteiger partial charge in [-0.25, -0.2) is 0 Å². The minimum atomic E-state index is -0.145. The summed E-state index contributed by atoms with van der Waals surface area (Å²) in [6, 6.07) is 13.0. The maximum atomic E-state index is 12.2. The smallest absolute Gasteiger partial charge is 0.251 e. The highest BCUT2D eigenvalue weighted by atomic mass is 79.9. The van der Waals surface area contributed by atoms with Gasteiger partial charge in [-0.2, -0.15) is 0 Å². The molecule has 0 saturated carbocycles. The fourth-order valence-corrected chi connectivity index (χ4v) is 2.63. The van der Waals surface area contributed by atoms with E-state index >= 15 is 0 Å². The van der Waals surface area contributed by atoms with Crippen LogP contribution in [0.3, 0.4) is 0 Å². The molecule has 0 aliphatic rings. The van der Waals surface area contributed by atoms with Crippen LogP contribution in [0.4, 0.5) is 5.69 Å². The molecule has 1 atom stereocenters. The first-order valence-corrected chi connectivity index (χ1v) is 7.66. The first-order chi connectivity index (χ1) is 9.45. The summed E-state index contributed by atoms with van der Waals surface area (Å²) in [7, 11) is 0. The first-order valence-electron chi connectivity index (χ1n) is 6.08. The van der Waals surface area contributed by atoms with Gasteiger partial charge in [0.05, 0.1) is 6.04 Å². The molecule has 2 rings (SSSR count). The van der Waals surface area contributed by atoms with Crippen molar-refractivity contribution in [3.8, 4) is 0 Å². The number of amides is 1. The molecule has 0 saturated heterocycles. The van der Waals surface area contributed by atoms with Crippen molar-refractivity contribution in [3.05, 3.63) is 62.5 Å². The minimum Gasteiger partial charge on any atom is -0.399 e. The van der Waals surface area contributed by atoms with Crippen molar-refractivity contribution < 1.29 is 4.79 Å². The van der Waals surface area contributed by atoms with E-state index < -0.39 is 0 Å². The second-order valence-corrected chi connectivity index (χ2v) is 6.35. The molecule has 3 nitrogen and oxygen atoms in total. The van der Waals surface area contributed by atoms with Crippen LogP contribution in [0, 0.1) is 0 Å². The molecular weight excluding hydrogens is 384 g/mol. The van der Waals surface area contributed by atoms with Crippen molar-refractivity contribution in [1.82, 2.24) is 5.32 Å². The molecule has 0 fully saturated rings. The van der Waals surface area contributed by atoms with Gasteiger partial charge in [0.1, 0.15) is 0 Å². The Morgan fingerprint density at radius 3 is 2.35 bits per heavy atom. The number of anilines is 1. The molecule has 2 aromatic carbocycles. The molecule has 0 radical (unpaired) electrons. The average molecular weight is 398 g/mol. The third-order valence-electron chi connectivity index (χ3n) is 2.90. The Hall–Kier alpha value is -1.33. The van der Waals surface area contributed by atoms with E-state index in [1.54, 1.807) is 18.2 Å². The highest BCUT2D eigenvalue weighted by Gasteiger charge is 2.12. The van der Waals surface area contributed by atoms with E-state index in [1.165, 1.54) is 0 Å². The normalized spacial score (nSPS) is 11.9. The molecule has 0 bridgehead atoms. The molecule has 1 unspecified atom stereocenters. The number of nitrogen functional groups attached to an aromatic ring is 1. The van der Waals surface area contributed by atoms with Crippen LogP contribution in [0.15, 0.2) is 51.4 Å². The lowest BCUT2D eigenvalue weighted by atomic mass is 10.1. The van der Waals surface area contributed by atoms with E-state index in [2.05, 4.69) is 37.2 Å². The summed E-state index contributed by atoms with van der Waals surface area (Å²) in [6.45, 7) is 1.95. The van der Waals surface area contributed by atoms with Gasteiger partial charge in [-0.05, 0) is 42.8 Å². The van der Waals surface area contributed by atoms with Gasteiger partial charge < -0.3 is 11.1 Å². The third-order valence-corrected chi connectivity index (χ3v) is 3.89. The van der Waals surface area contributed by atoms with Gasteiger partial charge in [0, 0.05) is 20.2 Å². The van der Waals surface area contributed by atoms with Crippen molar-refractivity contribution in [1.29, 1.82) is 0 Å². The highest BCUT2D eigenvalue weighted by molar-refractivity contribution is 9.10.